The molecule has 0 radical (unpaired) electrons. The van der Waals surface area contributed by atoms with Crippen LogP contribution in [-0.2, 0) is 69.7 Å². The second-order valence-corrected chi connectivity index (χ2v) is 38.6. The standard InChI is InChI=1S/4C19H32O3S.Ti/c4*1-4-5-6-7-8-9-10-13-17(16(2)3)18-14-11-12-15-19(18)23(20,21)22;/h4*11-12,14-17H,4-10,13H2,1-3H3,(H,20,21,22);/q;;;;+4/p-4. The molecule has 0 aliphatic rings. The molecule has 4 rings (SSSR count). The van der Waals surface area contributed by atoms with Crippen LogP contribution in [0.15, 0.2) is 117 Å². The molecule has 0 aliphatic heterocycles. The Hall–Kier alpha value is -2.77. The van der Waals surface area contributed by atoms with Crippen molar-refractivity contribution in [3.8, 4) is 0 Å². The van der Waals surface area contributed by atoms with Gasteiger partial charge in [-0.3, -0.25) is 0 Å². The van der Waals surface area contributed by atoms with Crippen molar-refractivity contribution in [3.63, 3.8) is 0 Å². The second kappa shape index (κ2) is 42.9. The van der Waals surface area contributed by atoms with Gasteiger partial charge in [-0.2, -0.15) is 0 Å². The van der Waals surface area contributed by atoms with E-state index in [1.165, 1.54) is 48.5 Å². The zero-order chi connectivity index (χ0) is 68.5. The molecule has 4 aromatic rings. The van der Waals surface area contributed by atoms with E-state index in [-0.39, 0.29) is 47.3 Å². The molecule has 0 fully saturated rings. The summed E-state index contributed by atoms with van der Waals surface area (Å²) in [6.45, 7) is 24.7. The minimum absolute atomic E-state index is 0.109. The van der Waals surface area contributed by atoms with E-state index in [1.54, 1.807) is 48.5 Å². The van der Waals surface area contributed by atoms with E-state index in [2.05, 4.69) is 27.7 Å². The van der Waals surface area contributed by atoms with E-state index in [4.69, 9.17) is 11.1 Å². The van der Waals surface area contributed by atoms with E-state index in [0.717, 1.165) is 180 Å². The summed E-state index contributed by atoms with van der Waals surface area (Å²) in [5.74, 6) is -1.94. The molecule has 0 heterocycles. The van der Waals surface area contributed by atoms with Crippen molar-refractivity contribution < 1.29 is 62.9 Å². The van der Waals surface area contributed by atoms with Crippen LogP contribution in [0.5, 0.6) is 0 Å². The number of hydrogen-bond donors (Lipinski definition) is 0. The predicted molar refractivity (Wildman–Crippen MR) is 380 cm³/mol. The summed E-state index contributed by atoms with van der Waals surface area (Å²) in [4.78, 5) is -1.65. The molecule has 0 bridgehead atoms. The fraction of sp³-hybridized carbons (Fsp3) is 0.684. The summed E-state index contributed by atoms with van der Waals surface area (Å²) in [5.41, 5.74) is 1.35. The van der Waals surface area contributed by atoms with Gasteiger partial charge in [0.05, 0.1) is 0 Å². The fourth-order valence-corrected chi connectivity index (χ4v) is 27.7. The number of unbranched alkanes of at least 4 members (excludes halogenated alkanes) is 24. The number of benzene rings is 4. The van der Waals surface area contributed by atoms with Crippen LogP contribution in [0.25, 0.3) is 0 Å². The van der Waals surface area contributed by atoms with E-state index < -0.39 is 78.2 Å². The molecule has 0 saturated carbocycles. The topological polar surface area (TPSA) is 173 Å². The van der Waals surface area contributed by atoms with Gasteiger partial charge < -0.3 is 0 Å². The van der Waals surface area contributed by atoms with E-state index in [0.29, 0.717) is 47.9 Å². The van der Waals surface area contributed by atoms with Gasteiger partial charge in [0.15, 0.2) is 0 Å². The second-order valence-electron chi connectivity index (χ2n) is 27.8. The Morgan fingerprint density at radius 3 is 0.591 bits per heavy atom. The molecule has 12 nitrogen and oxygen atoms in total. The van der Waals surface area contributed by atoms with E-state index in [1.807, 2.05) is 55.4 Å². The van der Waals surface area contributed by atoms with Crippen molar-refractivity contribution in [1.29, 1.82) is 0 Å². The molecule has 4 unspecified atom stereocenters. The molecule has 0 N–H and O–H groups in total. The number of hydrogen-bond acceptors (Lipinski definition) is 12. The quantitative estimate of drug-likeness (QED) is 0.0303. The van der Waals surface area contributed by atoms with Crippen LogP contribution in [0.1, 0.15) is 334 Å². The van der Waals surface area contributed by atoms with Crippen molar-refractivity contribution in [2.45, 2.75) is 332 Å². The monoisotopic (exact) mass is 1400 g/mol. The third-order valence-corrected chi connectivity index (χ3v) is 32.2. The van der Waals surface area contributed by atoms with Crippen molar-refractivity contribution in [2.24, 2.45) is 23.7 Å². The Labute approximate surface area is 573 Å². The Balaban J connectivity index is 2.11. The van der Waals surface area contributed by atoms with Gasteiger partial charge in [0.2, 0.25) is 0 Å². The van der Waals surface area contributed by atoms with Crippen LogP contribution in [0.3, 0.4) is 0 Å². The molecule has 4 atom stereocenters. The van der Waals surface area contributed by atoms with Gasteiger partial charge in [-0.15, -0.1) is 0 Å². The third kappa shape index (κ3) is 27.5. The maximum absolute atomic E-state index is 16.0. The first kappa shape index (κ1) is 82.7. The van der Waals surface area contributed by atoms with Crippen molar-refractivity contribution in [2.75, 3.05) is 0 Å². The average Bonchev–Trinajstić information content (AvgIpc) is 0.748. The van der Waals surface area contributed by atoms with Crippen molar-refractivity contribution >= 4 is 40.5 Å². The molecule has 17 heteroatoms. The first-order chi connectivity index (χ1) is 44.3. The Kier molecular flexibility index (Phi) is 38.1. The summed E-state index contributed by atoms with van der Waals surface area (Å²) in [5, 5.41) is 0. The molecular formula is C76H124O12S4Ti. The third-order valence-electron chi connectivity index (χ3n) is 18.9. The van der Waals surface area contributed by atoms with Crippen LogP contribution >= 0.6 is 0 Å². The summed E-state index contributed by atoms with van der Waals surface area (Å²) in [7, 11) is -22.0. The average molecular weight is 1410 g/mol. The number of rotatable bonds is 52. The van der Waals surface area contributed by atoms with Gasteiger partial charge in [0, 0.05) is 0 Å². The van der Waals surface area contributed by atoms with E-state index in [9.17, 15) is 0 Å². The predicted octanol–water partition coefficient (Wildman–Crippen LogP) is 22.9. The zero-order valence-corrected chi connectivity index (χ0v) is 64.3. The maximum atomic E-state index is 16.0. The zero-order valence-electron chi connectivity index (χ0n) is 59.5. The SMILES string of the molecule is CCCCCCCCCC(c1ccccc1S(=O)(=O)[O][Ti]([O]S(=O)(=O)c1ccccc1C(CCCCCCCCC)C(C)C)([O]S(=O)(=O)c1ccccc1C(CCCCCCCCC)C(C)C)[O]S(=O)(=O)c1ccccc1C(CCCCCCCCC)C(C)C)C(C)C. The van der Waals surface area contributed by atoms with Crippen molar-refractivity contribution in [3.05, 3.63) is 119 Å². The first-order valence-corrected chi connectivity index (χ1v) is 44.7. The van der Waals surface area contributed by atoms with Gasteiger partial charge in [-0.1, -0.05) is 53.4 Å². The summed E-state index contributed by atoms with van der Waals surface area (Å²) < 4.78 is 153. The molecule has 0 saturated heterocycles. The van der Waals surface area contributed by atoms with Crippen LogP contribution < -0.4 is 0 Å². The molecule has 528 valence electrons. The Morgan fingerprint density at radius 1 is 0.258 bits per heavy atom. The molecule has 0 spiro atoms. The summed E-state index contributed by atoms with van der Waals surface area (Å²) >= 11 is -7.82. The minimum atomic E-state index is -7.82. The normalized spacial score (nSPS) is 14.7. The Bertz CT molecular complexity index is 2770. The van der Waals surface area contributed by atoms with Gasteiger partial charge >= 0.3 is 525 Å². The van der Waals surface area contributed by atoms with E-state index >= 15 is 33.7 Å². The van der Waals surface area contributed by atoms with Crippen molar-refractivity contribution in [1.82, 2.24) is 0 Å². The molecule has 4 aromatic carbocycles. The van der Waals surface area contributed by atoms with Gasteiger partial charge in [0.1, 0.15) is 0 Å². The molecule has 0 aromatic heterocycles. The van der Waals surface area contributed by atoms with Crippen LogP contribution in [0.4, 0.5) is 0 Å². The summed E-state index contributed by atoms with van der Waals surface area (Å²) in [6, 6.07) is 24.8. The fourth-order valence-electron chi connectivity index (χ4n) is 13.5. The molecule has 0 aliphatic carbocycles. The first-order valence-electron chi connectivity index (χ1n) is 36.5. The Morgan fingerprint density at radius 2 is 0.419 bits per heavy atom. The molecule has 0 amide bonds. The van der Waals surface area contributed by atoms with Gasteiger partial charge in [-0.25, -0.2) is 0 Å². The van der Waals surface area contributed by atoms with Gasteiger partial charge in [0.25, 0.3) is 0 Å². The van der Waals surface area contributed by atoms with Crippen LogP contribution in [0, 0.1) is 23.7 Å². The molecular weight excluding hydrogens is 1280 g/mol. The summed E-state index contributed by atoms with van der Waals surface area (Å²) in [6.07, 6.45) is 31.4. The van der Waals surface area contributed by atoms with Crippen LogP contribution in [-0.4, -0.2) is 33.7 Å². The van der Waals surface area contributed by atoms with Crippen LogP contribution in [0.2, 0.25) is 0 Å². The van der Waals surface area contributed by atoms with Gasteiger partial charge in [-0.05, 0) is 0 Å². The molecule has 93 heavy (non-hydrogen) atoms.